The van der Waals surface area contributed by atoms with Gasteiger partial charge in [0.2, 0.25) is 6.04 Å². The molecule has 1 aliphatic rings. The lowest BCUT2D eigenvalue weighted by molar-refractivity contribution is -0.143. The Morgan fingerprint density at radius 3 is 3.17 bits per heavy atom. The maximum atomic E-state index is 11.1. The monoisotopic (exact) mass is 183 g/mol. The van der Waals surface area contributed by atoms with Crippen LogP contribution in [0.15, 0.2) is 4.99 Å². The zero-order chi connectivity index (χ0) is 8.97. The van der Waals surface area contributed by atoms with Gasteiger partial charge in [-0.25, -0.2) is 4.79 Å². The number of esters is 1. The molecule has 1 heterocycles. The zero-order valence-electron chi connectivity index (χ0n) is 6.96. The maximum Gasteiger partial charge on any atom is 0.343 e. The fraction of sp³-hybridized carbons (Fsp3) is 0.500. The van der Waals surface area contributed by atoms with Crippen LogP contribution in [0.3, 0.4) is 0 Å². The molecular weight excluding hydrogens is 174 g/mol. The second-order valence-corrected chi connectivity index (χ2v) is 3.15. The highest BCUT2D eigenvalue weighted by molar-refractivity contribution is 8.17. The number of nitrogens with zero attached hydrogens (tertiary/aromatic N) is 1. The standard InChI is InChI=1S/C8H9NO2S/c1-3-11-8(10)7-4-5-12-6(2)9-7/h7H,3H2,1-2H3. The van der Waals surface area contributed by atoms with Crippen molar-refractivity contribution in [3.8, 4) is 11.2 Å². The Bertz CT molecular complexity index is 275. The van der Waals surface area contributed by atoms with Gasteiger partial charge in [-0.1, -0.05) is 5.92 Å². The lowest BCUT2D eigenvalue weighted by Gasteiger charge is -2.07. The smallest absolute Gasteiger partial charge is 0.343 e. The normalized spacial score (nSPS) is 20.5. The van der Waals surface area contributed by atoms with Crippen LogP contribution in [-0.4, -0.2) is 23.7 Å². The lowest BCUT2D eigenvalue weighted by atomic mass is 10.3. The predicted molar refractivity (Wildman–Crippen MR) is 48.9 cm³/mol. The molecule has 0 radical (unpaired) electrons. The number of ether oxygens (including phenoxy) is 1. The molecule has 1 aliphatic heterocycles. The summed E-state index contributed by atoms with van der Waals surface area (Å²) in [6.07, 6.45) is 0. The molecule has 0 saturated carbocycles. The molecule has 0 N–H and O–H groups in total. The van der Waals surface area contributed by atoms with Crippen LogP contribution in [0.25, 0.3) is 0 Å². The SMILES string of the molecule is CCOC(=O)C1C#CSC(C)=N1. The number of aliphatic imine (C=N–C) groups is 1. The van der Waals surface area contributed by atoms with Crippen molar-refractivity contribution in [3.63, 3.8) is 0 Å². The van der Waals surface area contributed by atoms with E-state index in [1.807, 2.05) is 6.92 Å². The van der Waals surface area contributed by atoms with Crippen molar-refractivity contribution in [2.75, 3.05) is 6.61 Å². The summed E-state index contributed by atoms with van der Waals surface area (Å²) in [5.41, 5.74) is 0. The van der Waals surface area contributed by atoms with Crippen LogP contribution in [0, 0.1) is 11.2 Å². The van der Waals surface area contributed by atoms with E-state index in [1.54, 1.807) is 6.92 Å². The first kappa shape index (κ1) is 9.14. The maximum absolute atomic E-state index is 11.1. The summed E-state index contributed by atoms with van der Waals surface area (Å²) in [6.45, 7) is 3.96. The van der Waals surface area contributed by atoms with Gasteiger partial charge in [0, 0.05) is 0 Å². The van der Waals surface area contributed by atoms with Gasteiger partial charge in [-0.3, -0.25) is 4.99 Å². The summed E-state index contributed by atoms with van der Waals surface area (Å²) in [7, 11) is 0. The van der Waals surface area contributed by atoms with Crippen molar-refractivity contribution in [3.05, 3.63) is 0 Å². The molecule has 0 aromatic carbocycles. The molecule has 0 saturated heterocycles. The molecular formula is C8H9NO2S. The Balaban J connectivity index is 2.61. The molecule has 0 aromatic heterocycles. The van der Waals surface area contributed by atoms with Crippen molar-refractivity contribution in [1.29, 1.82) is 0 Å². The second-order valence-electron chi connectivity index (χ2n) is 2.15. The highest BCUT2D eigenvalue weighted by Crippen LogP contribution is 2.09. The summed E-state index contributed by atoms with van der Waals surface area (Å²) in [6, 6.07) is -0.605. The molecule has 12 heavy (non-hydrogen) atoms. The van der Waals surface area contributed by atoms with E-state index in [4.69, 9.17) is 4.74 Å². The van der Waals surface area contributed by atoms with Gasteiger partial charge in [-0.15, -0.1) is 0 Å². The number of hydrogen-bond acceptors (Lipinski definition) is 4. The minimum absolute atomic E-state index is 0.357. The van der Waals surface area contributed by atoms with Crippen LogP contribution < -0.4 is 0 Å². The quantitative estimate of drug-likeness (QED) is 0.474. The molecule has 64 valence electrons. The lowest BCUT2D eigenvalue weighted by Crippen LogP contribution is -2.21. The van der Waals surface area contributed by atoms with Crippen LogP contribution >= 0.6 is 11.8 Å². The first-order chi connectivity index (χ1) is 5.74. The Hall–Kier alpha value is -0.950. The van der Waals surface area contributed by atoms with Gasteiger partial charge >= 0.3 is 5.97 Å². The van der Waals surface area contributed by atoms with Crippen LogP contribution in [-0.2, 0) is 9.53 Å². The molecule has 0 aromatic rings. The first-order valence-electron chi connectivity index (χ1n) is 3.62. The molecule has 0 bridgehead atoms. The third-order valence-electron chi connectivity index (χ3n) is 1.22. The fourth-order valence-corrected chi connectivity index (χ4v) is 1.21. The molecule has 1 rings (SSSR count). The molecule has 0 aliphatic carbocycles. The van der Waals surface area contributed by atoms with Crippen molar-refractivity contribution < 1.29 is 9.53 Å². The van der Waals surface area contributed by atoms with Crippen LogP contribution in [0.4, 0.5) is 0 Å². The highest BCUT2D eigenvalue weighted by Gasteiger charge is 2.17. The van der Waals surface area contributed by atoms with E-state index in [0.29, 0.717) is 6.61 Å². The Morgan fingerprint density at radius 2 is 2.58 bits per heavy atom. The van der Waals surface area contributed by atoms with Gasteiger partial charge in [-0.2, -0.15) is 0 Å². The molecule has 3 nitrogen and oxygen atoms in total. The molecule has 0 spiro atoms. The Kier molecular flexibility index (Phi) is 3.18. The topological polar surface area (TPSA) is 38.7 Å². The van der Waals surface area contributed by atoms with Crippen molar-refractivity contribution in [1.82, 2.24) is 0 Å². The Morgan fingerprint density at radius 1 is 1.83 bits per heavy atom. The van der Waals surface area contributed by atoms with E-state index in [9.17, 15) is 4.79 Å². The number of carbonyl (C=O) groups is 1. The minimum atomic E-state index is -0.605. The summed E-state index contributed by atoms with van der Waals surface area (Å²) in [5.74, 6) is 2.33. The average Bonchev–Trinajstić information content (AvgIpc) is 2.05. The third-order valence-corrected chi connectivity index (χ3v) is 1.84. The van der Waals surface area contributed by atoms with E-state index in [2.05, 4.69) is 16.2 Å². The summed E-state index contributed by atoms with van der Waals surface area (Å²) in [4.78, 5) is 15.1. The molecule has 0 fully saturated rings. The largest absolute Gasteiger partial charge is 0.464 e. The van der Waals surface area contributed by atoms with E-state index in [1.165, 1.54) is 11.8 Å². The van der Waals surface area contributed by atoms with Gasteiger partial charge in [0.05, 0.1) is 11.7 Å². The zero-order valence-corrected chi connectivity index (χ0v) is 7.77. The summed E-state index contributed by atoms with van der Waals surface area (Å²) < 4.78 is 4.77. The molecule has 4 heteroatoms. The minimum Gasteiger partial charge on any atom is -0.464 e. The van der Waals surface area contributed by atoms with Gasteiger partial charge in [-0.05, 0) is 30.9 Å². The van der Waals surface area contributed by atoms with Gasteiger partial charge in [0.15, 0.2) is 0 Å². The predicted octanol–water partition coefficient (Wildman–Crippen LogP) is 1.04. The molecule has 1 atom stereocenters. The van der Waals surface area contributed by atoms with Crippen LogP contribution in [0.2, 0.25) is 0 Å². The van der Waals surface area contributed by atoms with Crippen LogP contribution in [0.5, 0.6) is 0 Å². The van der Waals surface area contributed by atoms with E-state index >= 15 is 0 Å². The first-order valence-corrected chi connectivity index (χ1v) is 4.44. The number of hydrogen-bond donors (Lipinski definition) is 0. The van der Waals surface area contributed by atoms with Gasteiger partial charge in [0.25, 0.3) is 0 Å². The third kappa shape index (κ3) is 2.28. The molecule has 0 amide bonds. The van der Waals surface area contributed by atoms with Crippen molar-refractivity contribution in [2.24, 2.45) is 4.99 Å². The second kappa shape index (κ2) is 4.17. The van der Waals surface area contributed by atoms with E-state index in [-0.39, 0.29) is 5.97 Å². The van der Waals surface area contributed by atoms with Crippen molar-refractivity contribution >= 4 is 22.8 Å². The average molecular weight is 183 g/mol. The highest BCUT2D eigenvalue weighted by atomic mass is 32.2. The van der Waals surface area contributed by atoms with E-state index in [0.717, 1.165) is 5.04 Å². The summed E-state index contributed by atoms with van der Waals surface area (Å²) >= 11 is 1.34. The van der Waals surface area contributed by atoms with Gasteiger partial charge in [0.1, 0.15) is 0 Å². The van der Waals surface area contributed by atoms with Crippen LogP contribution in [0.1, 0.15) is 13.8 Å². The number of thioether (sulfide) groups is 1. The van der Waals surface area contributed by atoms with E-state index < -0.39 is 6.04 Å². The summed E-state index contributed by atoms with van der Waals surface area (Å²) in [5, 5.41) is 3.57. The van der Waals surface area contributed by atoms with Gasteiger partial charge < -0.3 is 4.74 Å². The number of carbonyl (C=O) groups excluding carboxylic acids is 1. The molecule has 1 unspecified atom stereocenters. The number of rotatable bonds is 2. The fourth-order valence-electron chi connectivity index (χ4n) is 0.732. The Labute approximate surface area is 75.6 Å². The van der Waals surface area contributed by atoms with Crippen molar-refractivity contribution in [2.45, 2.75) is 19.9 Å².